The van der Waals surface area contributed by atoms with Gasteiger partial charge in [-0.05, 0) is 102 Å². The van der Waals surface area contributed by atoms with Gasteiger partial charge < -0.3 is 9.64 Å². The highest BCUT2D eigenvalue weighted by Crippen LogP contribution is 2.63. The summed E-state index contributed by atoms with van der Waals surface area (Å²) >= 11 is 0. The first kappa shape index (κ1) is 31.9. The monoisotopic (exact) mass is 753 g/mol. The van der Waals surface area contributed by atoms with Crippen LogP contribution in [0.25, 0.3) is 33.4 Å². The summed E-state index contributed by atoms with van der Waals surface area (Å²) in [6, 6.07) is 79.3. The topological polar surface area (TPSA) is 12.5 Å². The minimum absolute atomic E-state index is 0.594. The fourth-order valence-electron chi connectivity index (χ4n) is 11.3. The minimum atomic E-state index is -2.77. The van der Waals surface area contributed by atoms with Crippen LogP contribution in [-0.2, 0) is 5.41 Å². The molecule has 270 valence electrons. The summed E-state index contributed by atoms with van der Waals surface area (Å²) in [5.41, 5.74) is 15.7. The molecule has 0 atom stereocenters. The number of para-hydroxylation sites is 4. The number of ether oxygens (including phenoxy) is 1. The van der Waals surface area contributed by atoms with Gasteiger partial charge in [0.25, 0.3) is 0 Å². The van der Waals surface area contributed by atoms with Crippen LogP contribution in [0.3, 0.4) is 0 Å². The summed E-state index contributed by atoms with van der Waals surface area (Å²) in [6.07, 6.45) is 0. The van der Waals surface area contributed by atoms with Crippen molar-refractivity contribution in [2.45, 2.75) is 5.41 Å². The number of hydrogen-bond acceptors (Lipinski definition) is 2. The van der Waals surface area contributed by atoms with Crippen molar-refractivity contribution in [3.8, 4) is 44.9 Å². The third kappa shape index (κ3) is 3.87. The summed E-state index contributed by atoms with van der Waals surface area (Å²) in [5.74, 6) is 1.79. The van der Waals surface area contributed by atoms with E-state index in [1.807, 2.05) is 0 Å². The van der Waals surface area contributed by atoms with E-state index < -0.39 is 13.5 Å². The molecule has 0 saturated carbocycles. The highest BCUT2D eigenvalue weighted by molar-refractivity contribution is 7.24. The second-order valence-electron chi connectivity index (χ2n) is 15.9. The summed E-state index contributed by atoms with van der Waals surface area (Å²) in [7, 11) is -2.77. The van der Waals surface area contributed by atoms with Crippen LogP contribution in [-0.4, -0.2) is 8.07 Å². The summed E-state index contributed by atoms with van der Waals surface area (Å²) in [6.45, 7) is 0. The van der Waals surface area contributed by atoms with E-state index in [1.54, 1.807) is 0 Å². The van der Waals surface area contributed by atoms with Gasteiger partial charge in [0.2, 0.25) is 0 Å². The van der Waals surface area contributed by atoms with E-state index in [-0.39, 0.29) is 0 Å². The smallest absolute Gasteiger partial charge is 0.182 e. The molecule has 0 unspecified atom stereocenters. The molecule has 0 aromatic heterocycles. The number of hydrogen-bond donors (Lipinski definition) is 0. The van der Waals surface area contributed by atoms with Crippen LogP contribution in [0.2, 0.25) is 0 Å². The van der Waals surface area contributed by atoms with Gasteiger partial charge in [-0.2, -0.15) is 0 Å². The van der Waals surface area contributed by atoms with Gasteiger partial charge >= 0.3 is 0 Å². The van der Waals surface area contributed by atoms with E-state index >= 15 is 0 Å². The third-order valence-electron chi connectivity index (χ3n) is 13.3. The van der Waals surface area contributed by atoms with Crippen molar-refractivity contribution in [3.05, 3.63) is 235 Å². The molecule has 0 bridgehead atoms. The normalized spacial score (nSPS) is 14.9. The van der Waals surface area contributed by atoms with Gasteiger partial charge in [0.15, 0.2) is 8.07 Å². The zero-order chi connectivity index (χ0) is 38.0. The lowest BCUT2D eigenvalue weighted by Gasteiger charge is -2.48. The quantitative estimate of drug-likeness (QED) is 0.163. The SMILES string of the molecule is c1ccc(-c2cc(N3c4ccccc4C4(c5ccccc5Oc5ccccc54)c4ccccc43)cc3c2-c2ccccc2[Si]32c3ccccc3-c3ccccc32)cc1. The Morgan fingerprint density at radius 1 is 0.362 bits per heavy atom. The summed E-state index contributed by atoms with van der Waals surface area (Å²) < 4.78 is 6.69. The molecule has 58 heavy (non-hydrogen) atoms. The number of benzene rings is 9. The average Bonchev–Trinajstić information content (AvgIpc) is 3.76. The molecule has 4 aliphatic heterocycles. The largest absolute Gasteiger partial charge is 0.457 e. The van der Waals surface area contributed by atoms with Gasteiger partial charge in [0.1, 0.15) is 11.5 Å². The predicted octanol–water partition coefficient (Wildman–Crippen LogP) is 11.0. The molecule has 0 amide bonds. The zero-order valence-electron chi connectivity index (χ0n) is 31.6. The van der Waals surface area contributed by atoms with Crippen molar-refractivity contribution in [2.24, 2.45) is 0 Å². The van der Waals surface area contributed by atoms with E-state index in [1.165, 1.54) is 82.3 Å². The van der Waals surface area contributed by atoms with E-state index in [9.17, 15) is 0 Å². The Bertz CT molecular complexity index is 3040. The maximum Gasteiger partial charge on any atom is 0.182 e. The number of rotatable bonds is 2. The van der Waals surface area contributed by atoms with Gasteiger partial charge in [-0.15, -0.1) is 0 Å². The maximum atomic E-state index is 6.69. The Morgan fingerprint density at radius 2 is 0.810 bits per heavy atom. The van der Waals surface area contributed by atoms with Gasteiger partial charge in [-0.25, -0.2) is 0 Å². The third-order valence-corrected chi connectivity index (χ3v) is 18.3. The molecule has 0 saturated heterocycles. The van der Waals surface area contributed by atoms with Crippen molar-refractivity contribution in [1.29, 1.82) is 0 Å². The number of fused-ring (bicyclic) bond motifs is 18. The maximum absolute atomic E-state index is 6.69. The van der Waals surface area contributed by atoms with Crippen molar-refractivity contribution in [3.63, 3.8) is 0 Å². The first-order chi connectivity index (χ1) is 28.8. The van der Waals surface area contributed by atoms with Crippen LogP contribution in [0.15, 0.2) is 212 Å². The lowest BCUT2D eigenvalue weighted by Crippen LogP contribution is -2.70. The van der Waals surface area contributed by atoms with Crippen LogP contribution in [0, 0.1) is 0 Å². The second-order valence-corrected chi connectivity index (χ2v) is 19.5. The Kier molecular flexibility index (Phi) is 6.43. The highest BCUT2D eigenvalue weighted by atomic mass is 28.3. The van der Waals surface area contributed by atoms with Gasteiger partial charge in [0, 0.05) is 16.8 Å². The predicted molar refractivity (Wildman–Crippen MR) is 240 cm³/mol. The highest BCUT2D eigenvalue weighted by Gasteiger charge is 2.55. The lowest BCUT2D eigenvalue weighted by molar-refractivity contribution is 0.434. The number of anilines is 3. The Labute approximate surface area is 338 Å². The van der Waals surface area contributed by atoms with Crippen molar-refractivity contribution >= 4 is 45.9 Å². The standard InChI is InChI=1S/C55H35NOSi/c1-2-18-36(19-3-1)41-34-37(35-53-54(41)40-22-6-17-33-52(40)58(53)50-31-15-4-20-38(50)39-21-5-16-32-51(39)58)56-46-27-11-7-23-42(46)55(43-24-8-12-28-47(43)56)44-25-9-13-29-48(44)57-49-30-14-10-26-45(49)55/h1-35H. The average molecular weight is 754 g/mol. The molecule has 13 rings (SSSR count). The van der Waals surface area contributed by atoms with Crippen molar-refractivity contribution in [2.75, 3.05) is 4.90 Å². The molecular formula is C55H35NOSi. The van der Waals surface area contributed by atoms with Crippen LogP contribution >= 0.6 is 0 Å². The molecule has 2 nitrogen and oxygen atoms in total. The molecule has 4 heterocycles. The lowest BCUT2D eigenvalue weighted by atomic mass is 9.61. The summed E-state index contributed by atoms with van der Waals surface area (Å²) in [4.78, 5) is 2.56. The molecule has 3 heteroatoms. The minimum Gasteiger partial charge on any atom is -0.457 e. The van der Waals surface area contributed by atoms with Crippen molar-refractivity contribution < 1.29 is 4.74 Å². The van der Waals surface area contributed by atoms with Crippen molar-refractivity contribution in [1.82, 2.24) is 0 Å². The van der Waals surface area contributed by atoms with Gasteiger partial charge in [-0.3, -0.25) is 0 Å². The second kappa shape index (κ2) is 11.7. The van der Waals surface area contributed by atoms with E-state index in [2.05, 4.69) is 217 Å². The van der Waals surface area contributed by atoms with Crippen LogP contribution < -0.4 is 30.4 Å². The Balaban J connectivity index is 1.17. The Hall–Kier alpha value is -7.20. The fourth-order valence-corrected chi connectivity index (χ4v) is 16.9. The Morgan fingerprint density at radius 3 is 1.40 bits per heavy atom. The first-order valence-electron chi connectivity index (χ1n) is 20.2. The zero-order valence-corrected chi connectivity index (χ0v) is 32.6. The first-order valence-corrected chi connectivity index (χ1v) is 22.2. The van der Waals surface area contributed by atoms with Gasteiger partial charge in [-0.1, -0.05) is 176 Å². The van der Waals surface area contributed by atoms with E-state index in [0.29, 0.717) is 0 Å². The molecule has 0 aliphatic carbocycles. The molecule has 0 fully saturated rings. The van der Waals surface area contributed by atoms with Crippen LogP contribution in [0.5, 0.6) is 11.5 Å². The fraction of sp³-hybridized carbons (Fsp3) is 0.0182. The van der Waals surface area contributed by atoms with E-state index in [0.717, 1.165) is 22.6 Å². The van der Waals surface area contributed by atoms with Gasteiger partial charge in [0.05, 0.1) is 16.8 Å². The van der Waals surface area contributed by atoms with Crippen LogP contribution in [0.4, 0.5) is 17.1 Å². The van der Waals surface area contributed by atoms with Crippen LogP contribution in [0.1, 0.15) is 22.3 Å². The molecule has 2 spiro atoms. The summed E-state index contributed by atoms with van der Waals surface area (Å²) in [5, 5.41) is 5.89. The molecule has 9 aromatic carbocycles. The molecule has 0 radical (unpaired) electrons. The molecule has 9 aromatic rings. The molecule has 0 N–H and O–H groups in total. The molecule has 4 aliphatic rings. The van der Waals surface area contributed by atoms with E-state index in [4.69, 9.17) is 4.74 Å². The molecular weight excluding hydrogens is 719 g/mol. The number of nitrogens with zero attached hydrogens (tertiary/aromatic N) is 1.